The molecule has 3 fully saturated rings. The van der Waals surface area contributed by atoms with E-state index < -0.39 is 18.0 Å². The third-order valence-electron chi connectivity index (χ3n) is 7.21. The van der Waals surface area contributed by atoms with Crippen molar-refractivity contribution in [2.24, 2.45) is 5.41 Å². The van der Waals surface area contributed by atoms with Gasteiger partial charge in [0.25, 0.3) is 0 Å². The highest BCUT2D eigenvalue weighted by atomic mass is 35.5. The monoisotopic (exact) mass is 477 g/mol. The Morgan fingerprint density at radius 3 is 2.67 bits per heavy atom. The molecule has 33 heavy (non-hydrogen) atoms. The highest BCUT2D eigenvalue weighted by Gasteiger charge is 2.51. The van der Waals surface area contributed by atoms with Crippen LogP contribution in [0.3, 0.4) is 0 Å². The molecule has 1 N–H and O–H groups in total. The van der Waals surface area contributed by atoms with Gasteiger partial charge >= 0.3 is 0 Å². The first-order valence-corrected chi connectivity index (χ1v) is 11.8. The Bertz CT molecular complexity index is 980. The van der Waals surface area contributed by atoms with E-state index in [4.69, 9.17) is 11.6 Å². The van der Waals surface area contributed by atoms with Gasteiger partial charge in [-0.15, -0.1) is 0 Å². The van der Waals surface area contributed by atoms with Crippen LogP contribution in [0.1, 0.15) is 38.2 Å². The van der Waals surface area contributed by atoms with Crippen molar-refractivity contribution in [3.8, 4) is 0 Å². The van der Waals surface area contributed by atoms with Crippen LogP contribution in [0.25, 0.3) is 6.08 Å². The lowest BCUT2D eigenvalue weighted by molar-refractivity contribution is -0.149. The molecule has 1 spiro atoms. The lowest BCUT2D eigenvalue weighted by atomic mass is 9.90. The molecular weight excluding hydrogens is 449 g/mol. The maximum atomic E-state index is 13.3. The van der Waals surface area contributed by atoms with Crippen molar-refractivity contribution in [3.63, 3.8) is 0 Å². The smallest absolute Gasteiger partial charge is 0.247 e. The van der Waals surface area contributed by atoms with Crippen LogP contribution in [0.2, 0.25) is 5.02 Å². The van der Waals surface area contributed by atoms with Crippen LogP contribution in [0.5, 0.6) is 0 Å². The van der Waals surface area contributed by atoms with Crippen molar-refractivity contribution in [1.82, 2.24) is 14.7 Å². The maximum Gasteiger partial charge on any atom is 0.247 e. The number of β-amino-alcohol motifs (C(OH)–C–C–N with tert-alkyl or cyclic N) is 1. The highest BCUT2D eigenvalue weighted by molar-refractivity contribution is 6.30. The van der Waals surface area contributed by atoms with E-state index in [2.05, 4.69) is 0 Å². The molecule has 2 unspecified atom stereocenters. The van der Waals surface area contributed by atoms with E-state index in [1.807, 2.05) is 0 Å². The Balaban J connectivity index is 1.27. The molecule has 2 aliphatic heterocycles. The molecule has 1 aliphatic carbocycles. The lowest BCUT2D eigenvalue weighted by Gasteiger charge is -2.39. The predicted octanol–water partition coefficient (Wildman–Crippen LogP) is 2.32. The molecule has 1 saturated carbocycles. The van der Waals surface area contributed by atoms with Crippen LogP contribution >= 0.6 is 11.6 Å². The number of hydrogen-bond donors (Lipinski definition) is 1. The molecule has 0 radical (unpaired) electrons. The molecule has 1 aromatic carbocycles. The third kappa shape index (κ3) is 5.06. The van der Waals surface area contributed by atoms with Gasteiger partial charge in [-0.1, -0.05) is 17.7 Å². The summed E-state index contributed by atoms with van der Waals surface area (Å²) in [4.78, 5) is 42.9. The quantitative estimate of drug-likeness (QED) is 0.660. The first-order chi connectivity index (χ1) is 15.7. The normalized spacial score (nSPS) is 24.6. The summed E-state index contributed by atoms with van der Waals surface area (Å²) < 4.78 is 13.3. The Hall–Kier alpha value is -2.45. The summed E-state index contributed by atoms with van der Waals surface area (Å²) in [7, 11) is 0. The number of hydrogen-bond acceptors (Lipinski definition) is 4. The van der Waals surface area contributed by atoms with Gasteiger partial charge in [0.15, 0.2) is 0 Å². The van der Waals surface area contributed by atoms with Gasteiger partial charge < -0.3 is 19.8 Å². The molecule has 0 bridgehead atoms. The second-order valence-electron chi connectivity index (χ2n) is 9.26. The zero-order valence-corrected chi connectivity index (χ0v) is 19.4. The summed E-state index contributed by atoms with van der Waals surface area (Å²) in [6.45, 7) is 3.72. The minimum atomic E-state index is -0.644. The number of carbonyl (C=O) groups excluding carboxylic acids is 3. The first kappa shape index (κ1) is 23.7. The van der Waals surface area contributed by atoms with Gasteiger partial charge in [-0.2, -0.15) is 0 Å². The van der Waals surface area contributed by atoms with Crippen molar-refractivity contribution >= 4 is 35.4 Å². The van der Waals surface area contributed by atoms with E-state index in [0.29, 0.717) is 38.3 Å². The number of piperazine rings is 1. The lowest BCUT2D eigenvalue weighted by Crippen LogP contribution is -2.57. The first-order valence-electron chi connectivity index (χ1n) is 11.4. The second kappa shape index (κ2) is 9.43. The molecule has 7 nitrogen and oxygen atoms in total. The zero-order chi connectivity index (χ0) is 23.8. The van der Waals surface area contributed by atoms with Crippen LogP contribution in [-0.4, -0.2) is 82.4 Å². The number of aliphatic hydroxyl groups excluding tert-OH is 1. The second-order valence-corrected chi connectivity index (χ2v) is 9.66. The van der Waals surface area contributed by atoms with Crippen LogP contribution in [-0.2, 0) is 14.4 Å². The molecule has 1 aromatic rings. The van der Waals surface area contributed by atoms with E-state index in [9.17, 15) is 23.9 Å². The van der Waals surface area contributed by atoms with Gasteiger partial charge in [0, 0.05) is 45.2 Å². The summed E-state index contributed by atoms with van der Waals surface area (Å²) in [5, 5.41) is 10.3. The molecule has 9 heteroatoms. The Morgan fingerprint density at radius 1 is 1.24 bits per heavy atom. The molecule has 2 heterocycles. The van der Waals surface area contributed by atoms with Gasteiger partial charge in [0.05, 0.1) is 11.1 Å². The van der Waals surface area contributed by atoms with Gasteiger partial charge in [0.2, 0.25) is 17.7 Å². The number of piperidine rings is 1. The number of likely N-dealkylation sites (tertiary alicyclic amines) is 1. The fraction of sp³-hybridized carbons (Fsp3) is 0.542. The van der Waals surface area contributed by atoms with Crippen LogP contribution in [0.15, 0.2) is 24.3 Å². The molecule has 2 saturated heterocycles. The van der Waals surface area contributed by atoms with E-state index in [0.717, 1.165) is 19.3 Å². The highest BCUT2D eigenvalue weighted by Crippen LogP contribution is 2.53. The number of halogens is 2. The molecule has 2 atom stereocenters. The zero-order valence-electron chi connectivity index (χ0n) is 18.7. The minimum Gasteiger partial charge on any atom is -0.391 e. The number of carbonyl (C=O) groups is 3. The van der Waals surface area contributed by atoms with Crippen molar-refractivity contribution < 1.29 is 23.9 Å². The van der Waals surface area contributed by atoms with E-state index in [1.54, 1.807) is 16.7 Å². The number of nitrogens with zero attached hydrogens (tertiary/aromatic N) is 3. The summed E-state index contributed by atoms with van der Waals surface area (Å²) in [5.74, 6) is -1.10. The van der Waals surface area contributed by atoms with Gasteiger partial charge in [-0.3, -0.25) is 14.4 Å². The van der Waals surface area contributed by atoms with Gasteiger partial charge in [0.1, 0.15) is 11.9 Å². The summed E-state index contributed by atoms with van der Waals surface area (Å²) in [6.07, 6.45) is 5.56. The largest absolute Gasteiger partial charge is 0.391 e. The van der Waals surface area contributed by atoms with Crippen molar-refractivity contribution in [2.75, 3.05) is 32.7 Å². The third-order valence-corrected chi connectivity index (χ3v) is 7.50. The fourth-order valence-electron chi connectivity index (χ4n) is 4.71. The predicted molar refractivity (Wildman–Crippen MR) is 122 cm³/mol. The molecule has 4 rings (SSSR count). The Kier molecular flexibility index (Phi) is 6.77. The Labute approximate surface area is 197 Å². The summed E-state index contributed by atoms with van der Waals surface area (Å²) in [6, 6.07) is 3.53. The van der Waals surface area contributed by atoms with Crippen molar-refractivity contribution in [2.45, 2.75) is 44.8 Å². The van der Waals surface area contributed by atoms with E-state index in [1.165, 1.54) is 35.3 Å². The molecule has 3 amide bonds. The molecular formula is C24H29ClFN3O4. The average Bonchev–Trinajstić information content (AvgIpc) is 3.58. The van der Waals surface area contributed by atoms with Gasteiger partial charge in [-0.25, -0.2) is 4.39 Å². The Morgan fingerprint density at radius 2 is 2.00 bits per heavy atom. The van der Waals surface area contributed by atoms with E-state index >= 15 is 0 Å². The number of amides is 3. The standard InChI is InChI=1S/C24H29ClFN3O4/c1-16-23(33)27(10-6-21(31)28-11-9-24(7-8-24)20(30)15-28)12-13-29(16)22(32)5-3-17-2-4-19(26)18(25)14-17/h2-5,14,16,20,30H,6-13,15H2,1H3. The number of rotatable bonds is 5. The summed E-state index contributed by atoms with van der Waals surface area (Å²) in [5.41, 5.74) is 0.629. The summed E-state index contributed by atoms with van der Waals surface area (Å²) >= 11 is 5.77. The van der Waals surface area contributed by atoms with Crippen molar-refractivity contribution in [1.29, 1.82) is 0 Å². The molecule has 178 valence electrons. The average molecular weight is 478 g/mol. The van der Waals surface area contributed by atoms with Crippen LogP contribution in [0.4, 0.5) is 4.39 Å². The van der Waals surface area contributed by atoms with Gasteiger partial charge in [-0.05, 0) is 55.4 Å². The maximum absolute atomic E-state index is 13.3. The molecule has 0 aromatic heterocycles. The van der Waals surface area contributed by atoms with Crippen LogP contribution in [0, 0.1) is 11.2 Å². The van der Waals surface area contributed by atoms with E-state index in [-0.39, 0.29) is 34.6 Å². The van der Waals surface area contributed by atoms with Crippen LogP contribution < -0.4 is 0 Å². The minimum absolute atomic E-state index is 0.0255. The SMILES string of the molecule is CC1C(=O)N(CCC(=O)N2CCC3(CC3)C(O)C2)CCN1C(=O)C=Cc1ccc(F)c(Cl)c1. The molecule has 3 aliphatic rings. The number of benzene rings is 1. The topological polar surface area (TPSA) is 81.2 Å². The number of aliphatic hydroxyl groups is 1. The van der Waals surface area contributed by atoms with Crippen molar-refractivity contribution in [3.05, 3.63) is 40.7 Å². The fourth-order valence-corrected chi connectivity index (χ4v) is 4.90.